The summed E-state index contributed by atoms with van der Waals surface area (Å²) < 4.78 is 2.88. The maximum Gasteiger partial charge on any atom is 0.0283 e. The molecule has 0 N–H and O–H groups in total. The van der Waals surface area contributed by atoms with Crippen molar-refractivity contribution in [3.63, 3.8) is 0 Å². The second-order valence-electron chi connectivity index (χ2n) is 7.59. The van der Waals surface area contributed by atoms with Crippen LogP contribution in [-0.2, 0) is 0 Å². The van der Waals surface area contributed by atoms with E-state index in [-0.39, 0.29) is 0 Å². The molecule has 2 aromatic rings. The number of hydrogen-bond acceptors (Lipinski definition) is 2. The van der Waals surface area contributed by atoms with Crippen LogP contribution in [0.5, 0.6) is 0 Å². The van der Waals surface area contributed by atoms with Crippen molar-refractivity contribution in [1.82, 2.24) is 9.57 Å². The summed E-state index contributed by atoms with van der Waals surface area (Å²) in [6.07, 6.45) is 8.16. The Balaban J connectivity index is 1.91. The fraction of sp³-hybridized carbons (Fsp3) is 0.478. The first-order valence-corrected chi connectivity index (χ1v) is 11.4. The maximum absolute atomic E-state index is 2.88. The van der Waals surface area contributed by atoms with Gasteiger partial charge in [-0.3, -0.25) is 4.67 Å². The zero-order valence-electron chi connectivity index (χ0n) is 16.3. The molecule has 0 amide bonds. The van der Waals surface area contributed by atoms with Crippen LogP contribution in [0.25, 0.3) is 0 Å². The quantitative estimate of drug-likeness (QED) is 0.627. The van der Waals surface area contributed by atoms with E-state index in [4.69, 9.17) is 0 Å². The van der Waals surface area contributed by atoms with Crippen molar-refractivity contribution in [3.05, 3.63) is 60.7 Å². The monoisotopic (exact) mass is 368 g/mol. The standard InChI is InChI=1S/C23H33N2P/c1-24(2)19-12-20-25(21-13-6-3-7-14-21)26(22-15-8-4-9-16-22)23-17-10-5-11-18-23/h4-5,8-11,15-18,21H,3,6-7,12-14,19-20H2,1-2H3. The minimum absolute atomic E-state index is 0.453. The molecule has 26 heavy (non-hydrogen) atoms. The lowest BCUT2D eigenvalue weighted by Gasteiger charge is -2.40. The van der Waals surface area contributed by atoms with Gasteiger partial charge in [-0.25, -0.2) is 0 Å². The SMILES string of the molecule is CN(C)CCCN(C1CCCCC1)P(c1ccccc1)c1ccccc1. The smallest absolute Gasteiger partial charge is 0.0283 e. The average Bonchev–Trinajstić information content (AvgIpc) is 2.69. The van der Waals surface area contributed by atoms with Gasteiger partial charge >= 0.3 is 0 Å². The van der Waals surface area contributed by atoms with Gasteiger partial charge in [0.15, 0.2) is 0 Å². The highest BCUT2D eigenvalue weighted by Crippen LogP contribution is 2.43. The molecule has 0 atom stereocenters. The van der Waals surface area contributed by atoms with Crippen molar-refractivity contribution >= 4 is 18.7 Å². The summed E-state index contributed by atoms with van der Waals surface area (Å²) in [6, 6.07) is 23.1. The molecule has 0 aliphatic heterocycles. The van der Waals surface area contributed by atoms with Gasteiger partial charge in [0.2, 0.25) is 0 Å². The molecule has 0 unspecified atom stereocenters. The van der Waals surface area contributed by atoms with Crippen molar-refractivity contribution in [1.29, 1.82) is 0 Å². The molecule has 1 aliphatic rings. The fourth-order valence-electron chi connectivity index (χ4n) is 3.96. The van der Waals surface area contributed by atoms with Crippen LogP contribution in [-0.4, -0.2) is 42.8 Å². The molecule has 1 saturated carbocycles. The number of hydrogen-bond donors (Lipinski definition) is 0. The second kappa shape index (κ2) is 10.2. The molecule has 0 spiro atoms. The number of nitrogens with zero attached hydrogens (tertiary/aromatic N) is 2. The van der Waals surface area contributed by atoms with Gasteiger partial charge in [-0.05, 0) is 50.5 Å². The topological polar surface area (TPSA) is 6.48 Å². The van der Waals surface area contributed by atoms with Crippen LogP contribution < -0.4 is 10.6 Å². The van der Waals surface area contributed by atoms with Gasteiger partial charge in [0.1, 0.15) is 0 Å². The summed E-state index contributed by atoms with van der Waals surface area (Å²) in [5.74, 6) is 0. The van der Waals surface area contributed by atoms with E-state index in [0.29, 0.717) is 0 Å². The lowest BCUT2D eigenvalue weighted by molar-refractivity contribution is 0.255. The number of rotatable bonds is 8. The van der Waals surface area contributed by atoms with E-state index in [0.717, 1.165) is 12.6 Å². The second-order valence-corrected chi connectivity index (χ2v) is 9.76. The number of benzene rings is 2. The summed E-state index contributed by atoms with van der Waals surface area (Å²) >= 11 is 0. The Morgan fingerprint density at radius 3 is 1.81 bits per heavy atom. The van der Waals surface area contributed by atoms with E-state index < -0.39 is 8.07 Å². The molecule has 3 heteroatoms. The predicted molar refractivity (Wildman–Crippen MR) is 116 cm³/mol. The Morgan fingerprint density at radius 1 is 0.769 bits per heavy atom. The highest BCUT2D eigenvalue weighted by Gasteiger charge is 2.29. The molecule has 0 saturated heterocycles. The van der Waals surface area contributed by atoms with Crippen molar-refractivity contribution in [2.24, 2.45) is 0 Å². The Hall–Kier alpha value is -1.21. The van der Waals surface area contributed by atoms with E-state index in [1.165, 1.54) is 55.7 Å². The summed E-state index contributed by atoms with van der Waals surface area (Å²) in [5.41, 5.74) is 0. The Bertz CT molecular complexity index is 584. The molecule has 2 aromatic carbocycles. The zero-order valence-corrected chi connectivity index (χ0v) is 17.2. The van der Waals surface area contributed by atoms with E-state index >= 15 is 0 Å². The summed E-state index contributed by atoms with van der Waals surface area (Å²) in [5, 5.41) is 2.98. The summed E-state index contributed by atoms with van der Waals surface area (Å²) in [4.78, 5) is 2.31. The van der Waals surface area contributed by atoms with Crippen LogP contribution in [0.1, 0.15) is 38.5 Å². The molecule has 3 rings (SSSR count). The molecule has 2 nitrogen and oxygen atoms in total. The van der Waals surface area contributed by atoms with Crippen LogP contribution in [0.3, 0.4) is 0 Å². The van der Waals surface area contributed by atoms with Gasteiger partial charge in [0.05, 0.1) is 0 Å². The van der Waals surface area contributed by atoms with Gasteiger partial charge < -0.3 is 4.90 Å². The highest BCUT2D eigenvalue weighted by atomic mass is 31.1. The molecular formula is C23H33N2P. The molecule has 0 radical (unpaired) electrons. The first-order valence-electron chi connectivity index (χ1n) is 10.1. The molecule has 1 aliphatic carbocycles. The van der Waals surface area contributed by atoms with Crippen molar-refractivity contribution in [2.75, 3.05) is 27.2 Å². The molecule has 0 aromatic heterocycles. The van der Waals surface area contributed by atoms with Crippen LogP contribution in [0.2, 0.25) is 0 Å². The Morgan fingerprint density at radius 2 is 1.31 bits per heavy atom. The van der Waals surface area contributed by atoms with Gasteiger partial charge in [0.25, 0.3) is 0 Å². The van der Waals surface area contributed by atoms with E-state index in [1.807, 2.05) is 0 Å². The molecule has 0 bridgehead atoms. The molecular weight excluding hydrogens is 335 g/mol. The van der Waals surface area contributed by atoms with E-state index in [9.17, 15) is 0 Å². The van der Waals surface area contributed by atoms with Crippen molar-refractivity contribution in [3.8, 4) is 0 Å². The van der Waals surface area contributed by atoms with Gasteiger partial charge in [0, 0.05) is 20.7 Å². The van der Waals surface area contributed by atoms with E-state index in [2.05, 4.69) is 84.3 Å². The van der Waals surface area contributed by atoms with Gasteiger partial charge in [-0.15, -0.1) is 0 Å². The normalized spacial score (nSPS) is 15.9. The van der Waals surface area contributed by atoms with Crippen LogP contribution in [0, 0.1) is 0 Å². The lowest BCUT2D eigenvalue weighted by atomic mass is 9.95. The predicted octanol–water partition coefficient (Wildman–Crippen LogP) is 4.62. The van der Waals surface area contributed by atoms with Crippen LogP contribution >= 0.6 is 8.07 Å². The summed E-state index contributed by atoms with van der Waals surface area (Å²) in [6.45, 7) is 2.36. The Labute approximate surface area is 161 Å². The highest BCUT2D eigenvalue weighted by molar-refractivity contribution is 7.70. The molecule has 0 heterocycles. The third-order valence-corrected chi connectivity index (χ3v) is 7.86. The molecule has 140 valence electrons. The zero-order chi connectivity index (χ0) is 18.2. The lowest BCUT2D eigenvalue weighted by Crippen LogP contribution is -2.39. The third-order valence-electron chi connectivity index (χ3n) is 5.25. The third kappa shape index (κ3) is 5.39. The van der Waals surface area contributed by atoms with Crippen LogP contribution in [0.15, 0.2) is 60.7 Å². The van der Waals surface area contributed by atoms with E-state index in [1.54, 1.807) is 0 Å². The largest absolute Gasteiger partial charge is 0.309 e. The maximum atomic E-state index is 2.88. The fourth-order valence-corrected chi connectivity index (χ4v) is 6.66. The molecule has 1 fully saturated rings. The van der Waals surface area contributed by atoms with Crippen LogP contribution in [0.4, 0.5) is 0 Å². The van der Waals surface area contributed by atoms with Gasteiger partial charge in [-0.1, -0.05) is 79.9 Å². The first-order chi connectivity index (χ1) is 12.8. The first kappa shape index (κ1) is 19.5. The average molecular weight is 369 g/mol. The minimum atomic E-state index is -0.453. The minimum Gasteiger partial charge on any atom is -0.309 e. The van der Waals surface area contributed by atoms with Crippen molar-refractivity contribution < 1.29 is 0 Å². The summed E-state index contributed by atoms with van der Waals surface area (Å²) in [7, 11) is 3.91. The van der Waals surface area contributed by atoms with Crippen molar-refractivity contribution in [2.45, 2.75) is 44.6 Å². The Kier molecular flexibility index (Phi) is 7.68. The van der Waals surface area contributed by atoms with Gasteiger partial charge in [-0.2, -0.15) is 0 Å².